The van der Waals surface area contributed by atoms with Crippen LogP contribution < -0.4 is 5.32 Å². The maximum absolute atomic E-state index is 13.0. The smallest absolute Gasteiger partial charge is 0.341 e. The Morgan fingerprint density at radius 2 is 1.92 bits per heavy atom. The van der Waals surface area contributed by atoms with Crippen molar-refractivity contribution in [3.8, 4) is 0 Å². The number of thiophene rings is 1. The minimum Gasteiger partial charge on any atom is -0.465 e. The Bertz CT molecular complexity index is 1210. The number of anilines is 1. The van der Waals surface area contributed by atoms with E-state index >= 15 is 0 Å². The van der Waals surface area contributed by atoms with Gasteiger partial charge >= 0.3 is 5.97 Å². The number of hydrogen-bond acceptors (Lipinski definition) is 7. The second-order valence-electron chi connectivity index (χ2n) is 12.3. The second kappa shape index (κ2) is 10.5. The Morgan fingerprint density at radius 3 is 2.58 bits per heavy atom. The molecule has 1 unspecified atom stereocenters. The summed E-state index contributed by atoms with van der Waals surface area (Å²) in [6, 6.07) is 0. The molecule has 5 aliphatic rings. The van der Waals surface area contributed by atoms with Gasteiger partial charge in [0.25, 0.3) is 0 Å². The monoisotopic (exact) mass is 554 g/mol. The molecule has 0 spiro atoms. The normalized spacial score (nSPS) is 29.2. The van der Waals surface area contributed by atoms with Crippen molar-refractivity contribution in [1.82, 2.24) is 14.8 Å². The quantitative estimate of drug-likeness (QED) is 0.235. The standard InChI is InChI=1S/C29H38N4O3S2/c1-4-7-33-23(15-29-12-18-9-19(13-29)11-20(10-18)14-29)31-32-28(33)37-16-24(34)30-26-25(27(35)36-3)21-6-5-17(2)8-22(21)38-26/h4,17-20H,1,5-16H2,2-3H3,(H,30,34). The molecule has 0 aromatic carbocycles. The van der Waals surface area contributed by atoms with Crippen molar-refractivity contribution >= 4 is 40.0 Å². The van der Waals surface area contributed by atoms with Gasteiger partial charge in [0.1, 0.15) is 10.8 Å². The lowest BCUT2D eigenvalue weighted by atomic mass is 9.49. The summed E-state index contributed by atoms with van der Waals surface area (Å²) in [5, 5.41) is 13.5. The Hall–Kier alpha value is -2.13. The zero-order chi connectivity index (χ0) is 26.4. The van der Waals surface area contributed by atoms with Gasteiger partial charge in [-0.2, -0.15) is 0 Å². The third kappa shape index (κ3) is 4.96. The largest absolute Gasteiger partial charge is 0.465 e. The summed E-state index contributed by atoms with van der Waals surface area (Å²) in [4.78, 5) is 26.8. The van der Waals surface area contributed by atoms with E-state index in [0.717, 1.165) is 60.0 Å². The van der Waals surface area contributed by atoms with E-state index in [0.29, 0.717) is 28.4 Å². The van der Waals surface area contributed by atoms with Gasteiger partial charge in [-0.3, -0.25) is 4.79 Å². The van der Waals surface area contributed by atoms with Crippen LogP contribution in [0.1, 0.15) is 78.5 Å². The fourth-order valence-electron chi connectivity index (χ4n) is 8.16. The van der Waals surface area contributed by atoms with Gasteiger partial charge in [0.05, 0.1) is 18.4 Å². The van der Waals surface area contributed by atoms with E-state index in [2.05, 4.69) is 33.6 Å². The van der Waals surface area contributed by atoms with Crippen LogP contribution in [-0.4, -0.2) is 39.5 Å². The van der Waals surface area contributed by atoms with Crippen LogP contribution >= 0.6 is 23.1 Å². The number of carbonyl (C=O) groups is 2. The molecule has 2 aromatic heterocycles. The lowest BCUT2D eigenvalue weighted by Crippen LogP contribution is -2.47. The average Bonchev–Trinajstić information content (AvgIpc) is 3.41. The van der Waals surface area contributed by atoms with Crippen LogP contribution in [-0.2, 0) is 35.3 Å². The summed E-state index contributed by atoms with van der Waals surface area (Å²) in [5.41, 5.74) is 1.95. The number of aromatic nitrogens is 3. The third-order valence-electron chi connectivity index (χ3n) is 9.29. The van der Waals surface area contributed by atoms with Crippen LogP contribution in [0.3, 0.4) is 0 Å². The van der Waals surface area contributed by atoms with E-state index in [-0.39, 0.29) is 17.6 Å². The predicted molar refractivity (Wildman–Crippen MR) is 151 cm³/mol. The van der Waals surface area contributed by atoms with E-state index < -0.39 is 0 Å². The number of nitrogens with zero attached hydrogens (tertiary/aromatic N) is 3. The molecule has 7 rings (SSSR count). The first kappa shape index (κ1) is 26.1. The van der Waals surface area contributed by atoms with Crippen molar-refractivity contribution in [2.45, 2.75) is 82.8 Å². The molecule has 1 amide bonds. The average molecular weight is 555 g/mol. The van der Waals surface area contributed by atoms with Crippen molar-refractivity contribution < 1.29 is 14.3 Å². The molecule has 0 aliphatic heterocycles. The summed E-state index contributed by atoms with van der Waals surface area (Å²) in [6.45, 7) is 6.83. The van der Waals surface area contributed by atoms with Crippen molar-refractivity contribution in [3.05, 3.63) is 34.5 Å². The van der Waals surface area contributed by atoms with E-state index in [1.807, 2.05) is 6.08 Å². The Labute approximate surface area is 233 Å². The number of rotatable bonds is 9. The van der Waals surface area contributed by atoms with Crippen molar-refractivity contribution in [1.29, 1.82) is 0 Å². The van der Waals surface area contributed by atoms with Crippen LogP contribution in [0.5, 0.6) is 0 Å². The summed E-state index contributed by atoms with van der Waals surface area (Å²) in [7, 11) is 1.40. The molecule has 1 N–H and O–H groups in total. The van der Waals surface area contributed by atoms with Crippen LogP contribution in [0.2, 0.25) is 0 Å². The number of fused-ring (bicyclic) bond motifs is 1. The van der Waals surface area contributed by atoms with Gasteiger partial charge in [0.2, 0.25) is 5.91 Å². The Morgan fingerprint density at radius 1 is 1.21 bits per heavy atom. The van der Waals surface area contributed by atoms with Crippen molar-refractivity contribution in [2.24, 2.45) is 29.1 Å². The predicted octanol–water partition coefficient (Wildman–Crippen LogP) is 5.93. The summed E-state index contributed by atoms with van der Waals surface area (Å²) >= 11 is 2.92. The highest BCUT2D eigenvalue weighted by Crippen LogP contribution is 2.61. The number of amides is 1. The fraction of sp³-hybridized carbons (Fsp3) is 0.655. The van der Waals surface area contributed by atoms with Gasteiger partial charge in [-0.1, -0.05) is 24.8 Å². The summed E-state index contributed by atoms with van der Waals surface area (Å²) in [5.74, 6) is 3.98. The molecule has 5 aliphatic carbocycles. The van der Waals surface area contributed by atoms with Crippen LogP contribution in [0.4, 0.5) is 5.00 Å². The van der Waals surface area contributed by atoms with Gasteiger partial charge in [-0.15, -0.1) is 28.1 Å². The van der Waals surface area contributed by atoms with Gasteiger partial charge in [0, 0.05) is 17.8 Å². The Balaban J connectivity index is 1.15. The molecule has 0 radical (unpaired) electrons. The van der Waals surface area contributed by atoms with Gasteiger partial charge in [0.15, 0.2) is 5.16 Å². The topological polar surface area (TPSA) is 86.1 Å². The highest BCUT2D eigenvalue weighted by molar-refractivity contribution is 7.99. The molecule has 204 valence electrons. The molecule has 38 heavy (non-hydrogen) atoms. The van der Waals surface area contributed by atoms with Crippen molar-refractivity contribution in [2.75, 3.05) is 18.2 Å². The first-order valence-corrected chi connectivity index (χ1v) is 15.8. The first-order chi connectivity index (χ1) is 18.4. The number of hydrogen-bond donors (Lipinski definition) is 1. The van der Waals surface area contributed by atoms with Crippen molar-refractivity contribution in [3.63, 3.8) is 0 Å². The first-order valence-electron chi connectivity index (χ1n) is 14.0. The molecule has 9 heteroatoms. The van der Waals surface area contributed by atoms with E-state index in [1.165, 1.54) is 73.6 Å². The molecule has 2 heterocycles. The van der Waals surface area contributed by atoms with E-state index in [4.69, 9.17) is 4.74 Å². The van der Waals surface area contributed by atoms with Gasteiger partial charge in [-0.25, -0.2) is 4.79 Å². The second-order valence-corrected chi connectivity index (χ2v) is 14.3. The SMILES string of the molecule is C=CCn1c(CC23CC4CC(CC(C4)C2)C3)nnc1SCC(=O)Nc1sc2c(c1C(=O)OC)CCC(C)C2. The van der Waals surface area contributed by atoms with Crippen LogP contribution in [0, 0.1) is 29.1 Å². The fourth-order valence-corrected chi connectivity index (χ4v) is 10.3. The molecule has 2 aromatic rings. The molecule has 4 saturated carbocycles. The number of allylic oxidation sites excluding steroid dienone is 1. The minimum absolute atomic E-state index is 0.150. The number of nitrogens with one attached hydrogen (secondary N) is 1. The zero-order valence-corrected chi connectivity index (χ0v) is 24.1. The summed E-state index contributed by atoms with van der Waals surface area (Å²) in [6.07, 6.45) is 14.0. The lowest BCUT2D eigenvalue weighted by molar-refractivity contribution is -0.113. The van der Waals surface area contributed by atoms with E-state index in [9.17, 15) is 9.59 Å². The number of esters is 1. The molecule has 7 nitrogen and oxygen atoms in total. The Kier molecular flexibility index (Phi) is 7.18. The number of ether oxygens (including phenoxy) is 1. The molecule has 1 atom stereocenters. The van der Waals surface area contributed by atoms with Gasteiger partial charge < -0.3 is 14.6 Å². The number of carbonyl (C=O) groups excluding carboxylic acids is 2. The maximum Gasteiger partial charge on any atom is 0.341 e. The number of thioether (sulfide) groups is 1. The summed E-state index contributed by atoms with van der Waals surface area (Å²) < 4.78 is 7.21. The highest BCUT2D eigenvalue weighted by atomic mass is 32.2. The third-order valence-corrected chi connectivity index (χ3v) is 11.4. The zero-order valence-electron chi connectivity index (χ0n) is 22.5. The van der Waals surface area contributed by atoms with E-state index in [1.54, 1.807) is 0 Å². The highest BCUT2D eigenvalue weighted by Gasteiger charge is 2.51. The maximum atomic E-state index is 13.0. The molecule has 4 fully saturated rings. The molecule has 4 bridgehead atoms. The minimum atomic E-state index is -0.375. The molecular formula is C29H38N4O3S2. The molecule has 0 saturated heterocycles. The van der Waals surface area contributed by atoms with Crippen LogP contribution in [0.25, 0.3) is 0 Å². The molecular weight excluding hydrogens is 516 g/mol. The lowest BCUT2D eigenvalue weighted by Gasteiger charge is -2.56. The van der Waals surface area contributed by atoms with Gasteiger partial charge in [-0.05, 0) is 92.4 Å². The van der Waals surface area contributed by atoms with Crippen LogP contribution in [0.15, 0.2) is 17.8 Å². The number of methoxy groups -OCH3 is 1.